The Morgan fingerprint density at radius 1 is 1.24 bits per heavy atom. The normalized spacial score (nSPS) is 10.3. The first-order chi connectivity index (χ1) is 13.9. The van der Waals surface area contributed by atoms with E-state index in [1.54, 1.807) is 6.07 Å². The highest BCUT2D eigenvalue weighted by Gasteiger charge is 2.15. The average molecular weight is 434 g/mol. The summed E-state index contributed by atoms with van der Waals surface area (Å²) in [6.07, 6.45) is 0. The van der Waals surface area contributed by atoms with Gasteiger partial charge in [0.05, 0.1) is 12.0 Å². The molecule has 2 aromatic heterocycles. The Bertz CT molecular complexity index is 1090. The van der Waals surface area contributed by atoms with Crippen molar-refractivity contribution in [1.29, 1.82) is 0 Å². The molecule has 2 heterocycles. The van der Waals surface area contributed by atoms with Crippen LogP contribution in [0, 0.1) is 10.1 Å². The van der Waals surface area contributed by atoms with Crippen molar-refractivity contribution >= 4 is 46.5 Å². The van der Waals surface area contributed by atoms with Gasteiger partial charge in [-0.1, -0.05) is 11.6 Å². The van der Waals surface area contributed by atoms with Crippen LogP contribution in [0.5, 0.6) is 5.88 Å². The first-order valence-electron chi connectivity index (χ1n) is 7.91. The van der Waals surface area contributed by atoms with Crippen LogP contribution < -0.4 is 15.4 Å². The summed E-state index contributed by atoms with van der Waals surface area (Å²) in [5.74, 6) is 0.0228. The molecule has 29 heavy (non-hydrogen) atoms. The molecule has 0 bridgehead atoms. The number of hydrogen-bond donors (Lipinski definition) is 2. The van der Waals surface area contributed by atoms with Gasteiger partial charge in [-0.25, -0.2) is 4.98 Å². The monoisotopic (exact) mass is 433 g/mol. The van der Waals surface area contributed by atoms with E-state index in [2.05, 4.69) is 20.6 Å². The minimum atomic E-state index is -0.607. The highest BCUT2D eigenvalue weighted by molar-refractivity contribution is 7.80. The fourth-order valence-corrected chi connectivity index (χ4v) is 2.57. The molecule has 0 aliphatic carbocycles. The van der Waals surface area contributed by atoms with Gasteiger partial charge in [0.25, 0.3) is 11.6 Å². The zero-order valence-electron chi connectivity index (χ0n) is 14.7. The van der Waals surface area contributed by atoms with Crippen LogP contribution >= 0.6 is 23.8 Å². The molecule has 0 fully saturated rings. The summed E-state index contributed by atoms with van der Waals surface area (Å²) in [6, 6.07) is 10.2. The molecule has 10 nitrogen and oxygen atoms in total. The van der Waals surface area contributed by atoms with E-state index in [0.29, 0.717) is 11.3 Å². The van der Waals surface area contributed by atoms with Gasteiger partial charge in [0.1, 0.15) is 10.9 Å². The number of amides is 1. The van der Waals surface area contributed by atoms with Crippen molar-refractivity contribution in [2.24, 2.45) is 0 Å². The number of hydrogen-bond acceptors (Lipinski definition) is 8. The standard InChI is InChI=1S/C17H12ClN5O5S/c1-27-14-8-13(18)19-16(20-14)22-17(29)21-15(24)12-7-6-11(28-12)9-2-4-10(5-3-9)23(25)26/h2-8H,1H3,(H2,19,20,21,22,24,29). The molecule has 0 spiro atoms. The maximum absolute atomic E-state index is 12.3. The second-order valence-corrected chi connectivity index (χ2v) is 6.23. The molecule has 0 saturated heterocycles. The van der Waals surface area contributed by atoms with Crippen molar-refractivity contribution in [2.45, 2.75) is 0 Å². The van der Waals surface area contributed by atoms with E-state index in [1.807, 2.05) is 0 Å². The molecule has 0 radical (unpaired) electrons. The maximum atomic E-state index is 12.3. The number of non-ortho nitro benzene ring substituents is 1. The highest BCUT2D eigenvalue weighted by Crippen LogP contribution is 2.24. The molecular weight excluding hydrogens is 422 g/mol. The van der Waals surface area contributed by atoms with E-state index in [1.165, 1.54) is 43.5 Å². The average Bonchev–Trinajstić information content (AvgIpc) is 3.17. The third-order valence-corrected chi connectivity index (χ3v) is 3.92. The number of carbonyl (C=O) groups excluding carboxylic acids is 1. The molecule has 1 aromatic carbocycles. The summed E-state index contributed by atoms with van der Waals surface area (Å²) in [5, 5.41) is 15.8. The molecule has 3 aromatic rings. The number of nitrogens with zero attached hydrogens (tertiary/aromatic N) is 3. The Kier molecular flexibility index (Phi) is 6.00. The summed E-state index contributed by atoms with van der Waals surface area (Å²) >= 11 is 10.9. The van der Waals surface area contributed by atoms with Gasteiger partial charge >= 0.3 is 0 Å². The largest absolute Gasteiger partial charge is 0.481 e. The van der Waals surface area contributed by atoms with Crippen LogP contribution in [0.3, 0.4) is 0 Å². The molecule has 0 saturated carbocycles. The van der Waals surface area contributed by atoms with E-state index in [9.17, 15) is 14.9 Å². The van der Waals surface area contributed by atoms with Gasteiger partial charge in [0.2, 0.25) is 11.8 Å². The number of nitrogens with one attached hydrogen (secondary N) is 2. The molecule has 1 amide bonds. The number of aromatic nitrogens is 2. The van der Waals surface area contributed by atoms with Gasteiger partial charge in [-0.2, -0.15) is 4.98 Å². The summed E-state index contributed by atoms with van der Waals surface area (Å²) in [4.78, 5) is 30.4. The van der Waals surface area contributed by atoms with Crippen molar-refractivity contribution < 1.29 is 18.9 Å². The van der Waals surface area contributed by atoms with Crippen molar-refractivity contribution in [3.8, 4) is 17.2 Å². The quantitative estimate of drug-likeness (QED) is 0.268. The minimum absolute atomic E-state index is 0.00732. The third kappa shape index (κ3) is 5.03. The summed E-state index contributed by atoms with van der Waals surface area (Å²) in [7, 11) is 1.42. The zero-order chi connectivity index (χ0) is 21.0. The Hall–Kier alpha value is -3.57. The van der Waals surface area contributed by atoms with Crippen LogP contribution in [0.25, 0.3) is 11.3 Å². The van der Waals surface area contributed by atoms with Crippen LogP contribution in [0.4, 0.5) is 11.6 Å². The zero-order valence-corrected chi connectivity index (χ0v) is 16.3. The predicted molar refractivity (Wildman–Crippen MR) is 108 cm³/mol. The van der Waals surface area contributed by atoms with Crippen LogP contribution in [0.1, 0.15) is 10.6 Å². The van der Waals surface area contributed by atoms with Crippen molar-refractivity contribution in [3.05, 3.63) is 63.5 Å². The summed E-state index contributed by atoms with van der Waals surface area (Å²) in [6.45, 7) is 0. The number of halogens is 1. The lowest BCUT2D eigenvalue weighted by molar-refractivity contribution is -0.384. The van der Waals surface area contributed by atoms with Gasteiger partial charge in [0, 0.05) is 23.8 Å². The number of nitro benzene ring substituents is 1. The lowest BCUT2D eigenvalue weighted by Gasteiger charge is -2.08. The lowest BCUT2D eigenvalue weighted by atomic mass is 10.1. The first-order valence-corrected chi connectivity index (χ1v) is 8.70. The molecule has 148 valence electrons. The fraction of sp³-hybridized carbons (Fsp3) is 0.0588. The van der Waals surface area contributed by atoms with Crippen molar-refractivity contribution in [1.82, 2.24) is 15.3 Å². The Labute approximate surface area is 174 Å². The Morgan fingerprint density at radius 2 is 1.97 bits per heavy atom. The number of anilines is 1. The summed E-state index contributed by atoms with van der Waals surface area (Å²) in [5.41, 5.74) is 0.532. The second kappa shape index (κ2) is 8.63. The molecule has 3 rings (SSSR count). The van der Waals surface area contributed by atoms with Crippen LogP contribution in [-0.4, -0.2) is 33.0 Å². The van der Waals surface area contributed by atoms with Crippen LogP contribution in [0.2, 0.25) is 5.15 Å². The molecule has 12 heteroatoms. The van der Waals surface area contributed by atoms with Gasteiger partial charge in [-0.15, -0.1) is 0 Å². The van der Waals surface area contributed by atoms with Gasteiger partial charge in [0.15, 0.2) is 10.9 Å². The van der Waals surface area contributed by atoms with E-state index in [0.717, 1.165) is 0 Å². The Balaban J connectivity index is 1.66. The molecule has 0 unspecified atom stereocenters. The Morgan fingerprint density at radius 3 is 2.62 bits per heavy atom. The first kappa shape index (κ1) is 20.2. The SMILES string of the molecule is COc1cc(Cl)nc(NC(=S)NC(=O)c2ccc(-c3ccc([N+](=O)[O-])cc3)o2)n1. The van der Waals surface area contributed by atoms with E-state index in [-0.39, 0.29) is 33.5 Å². The number of thiocarbonyl (C=S) groups is 1. The van der Waals surface area contributed by atoms with Gasteiger partial charge < -0.3 is 14.5 Å². The highest BCUT2D eigenvalue weighted by atomic mass is 35.5. The molecule has 0 aliphatic rings. The smallest absolute Gasteiger partial charge is 0.293 e. The van der Waals surface area contributed by atoms with Gasteiger partial charge in [-0.3, -0.25) is 20.2 Å². The van der Waals surface area contributed by atoms with E-state index in [4.69, 9.17) is 33.0 Å². The lowest BCUT2D eigenvalue weighted by Crippen LogP contribution is -2.34. The second-order valence-electron chi connectivity index (χ2n) is 5.43. The number of carbonyl (C=O) groups is 1. The number of ether oxygens (including phenoxy) is 1. The number of methoxy groups -OCH3 is 1. The molecule has 2 N–H and O–H groups in total. The maximum Gasteiger partial charge on any atom is 0.293 e. The molecular formula is C17H12ClN5O5S. The number of nitro groups is 1. The van der Waals surface area contributed by atoms with Crippen LogP contribution in [0.15, 0.2) is 46.9 Å². The van der Waals surface area contributed by atoms with Crippen LogP contribution in [-0.2, 0) is 0 Å². The molecule has 0 aliphatic heterocycles. The van der Waals surface area contributed by atoms with E-state index >= 15 is 0 Å². The number of benzene rings is 1. The minimum Gasteiger partial charge on any atom is -0.481 e. The van der Waals surface area contributed by atoms with Crippen molar-refractivity contribution in [3.63, 3.8) is 0 Å². The third-order valence-electron chi connectivity index (χ3n) is 3.53. The van der Waals surface area contributed by atoms with Gasteiger partial charge in [-0.05, 0) is 36.5 Å². The predicted octanol–water partition coefficient (Wildman–Crippen LogP) is 3.43. The topological polar surface area (TPSA) is 132 Å². The number of furan rings is 1. The summed E-state index contributed by atoms with van der Waals surface area (Å²) < 4.78 is 10.5. The fourth-order valence-electron chi connectivity index (χ4n) is 2.22. The number of rotatable bonds is 5. The van der Waals surface area contributed by atoms with E-state index < -0.39 is 10.8 Å². The van der Waals surface area contributed by atoms with Crippen molar-refractivity contribution in [2.75, 3.05) is 12.4 Å². The molecule has 0 atom stereocenters.